The molecule has 2 nitrogen and oxygen atoms in total. The molecule has 0 bridgehead atoms. The zero-order valence-corrected chi connectivity index (χ0v) is 12.7. The molecule has 0 radical (unpaired) electrons. The molecule has 0 aromatic carbocycles. The minimum atomic E-state index is 0.0924. The molecule has 0 aliphatic heterocycles. The highest BCUT2D eigenvalue weighted by Crippen LogP contribution is 2.54. The second-order valence-corrected chi connectivity index (χ2v) is 7.11. The third-order valence-corrected chi connectivity index (χ3v) is 6.05. The fourth-order valence-corrected chi connectivity index (χ4v) is 4.91. The van der Waals surface area contributed by atoms with Crippen molar-refractivity contribution in [1.29, 1.82) is 0 Å². The quantitative estimate of drug-likeness (QED) is 0.831. The number of hydrogen-bond donors (Lipinski definition) is 1. The summed E-state index contributed by atoms with van der Waals surface area (Å²) >= 11 is 0. The van der Waals surface area contributed by atoms with Crippen LogP contribution < -0.4 is 0 Å². The van der Waals surface area contributed by atoms with Crippen molar-refractivity contribution in [3.05, 3.63) is 22.8 Å². The molecule has 1 N–H and O–H groups in total. The van der Waals surface area contributed by atoms with Gasteiger partial charge in [0.1, 0.15) is 0 Å². The standard InChI is InChI=1S/C18H26O2/c1-3-17-16-6-4-12-10-13(20)5-7-14(12)15(16)8-9-18(17,2)11-19/h10,16-17,19H,3-9,11H2,1-2H3/t16-,17+,18-/m1/s1. The van der Waals surface area contributed by atoms with Crippen molar-refractivity contribution in [3.63, 3.8) is 0 Å². The molecule has 0 aromatic heterocycles. The van der Waals surface area contributed by atoms with E-state index >= 15 is 0 Å². The highest BCUT2D eigenvalue weighted by atomic mass is 16.3. The molecular formula is C18H26O2. The van der Waals surface area contributed by atoms with Gasteiger partial charge in [-0.1, -0.05) is 25.8 Å². The first-order valence-electron chi connectivity index (χ1n) is 8.15. The number of allylic oxidation sites excluding steroid dienone is 4. The first-order chi connectivity index (χ1) is 9.59. The number of ketones is 1. The lowest BCUT2D eigenvalue weighted by Gasteiger charge is -2.49. The van der Waals surface area contributed by atoms with E-state index in [9.17, 15) is 9.90 Å². The van der Waals surface area contributed by atoms with E-state index in [4.69, 9.17) is 0 Å². The third kappa shape index (κ3) is 2.09. The Morgan fingerprint density at radius 2 is 2.10 bits per heavy atom. The lowest BCUT2D eigenvalue weighted by Crippen LogP contribution is -2.42. The molecule has 3 rings (SSSR count). The van der Waals surface area contributed by atoms with E-state index in [1.165, 1.54) is 17.6 Å². The highest BCUT2D eigenvalue weighted by Gasteiger charge is 2.45. The first kappa shape index (κ1) is 14.1. The fourth-order valence-electron chi connectivity index (χ4n) is 4.91. The fraction of sp³-hybridized carbons (Fsp3) is 0.722. The number of carbonyl (C=O) groups is 1. The minimum absolute atomic E-state index is 0.0924. The Hall–Kier alpha value is -0.890. The van der Waals surface area contributed by atoms with Crippen molar-refractivity contribution >= 4 is 5.78 Å². The molecule has 2 heteroatoms. The summed E-state index contributed by atoms with van der Waals surface area (Å²) in [5.41, 5.74) is 4.57. The van der Waals surface area contributed by atoms with Crippen LogP contribution in [0.3, 0.4) is 0 Å². The van der Waals surface area contributed by atoms with Crippen molar-refractivity contribution < 1.29 is 9.90 Å². The van der Waals surface area contributed by atoms with Crippen LogP contribution >= 0.6 is 0 Å². The monoisotopic (exact) mass is 274 g/mol. The van der Waals surface area contributed by atoms with Crippen LogP contribution in [0, 0.1) is 17.3 Å². The molecule has 20 heavy (non-hydrogen) atoms. The number of aliphatic hydroxyl groups is 1. The number of aliphatic hydroxyl groups excluding tert-OH is 1. The van der Waals surface area contributed by atoms with Gasteiger partial charge >= 0.3 is 0 Å². The third-order valence-electron chi connectivity index (χ3n) is 6.05. The van der Waals surface area contributed by atoms with Gasteiger partial charge in [0.25, 0.3) is 0 Å². The normalized spacial score (nSPS) is 37.4. The lowest BCUT2D eigenvalue weighted by molar-refractivity contribution is -0.114. The Morgan fingerprint density at radius 3 is 2.80 bits per heavy atom. The Balaban J connectivity index is 1.99. The van der Waals surface area contributed by atoms with E-state index in [0.717, 1.165) is 32.1 Å². The van der Waals surface area contributed by atoms with Gasteiger partial charge in [0, 0.05) is 13.0 Å². The van der Waals surface area contributed by atoms with Gasteiger partial charge in [-0.05, 0) is 66.6 Å². The number of hydrogen-bond acceptors (Lipinski definition) is 2. The van der Waals surface area contributed by atoms with Crippen molar-refractivity contribution in [2.75, 3.05) is 6.61 Å². The van der Waals surface area contributed by atoms with Crippen molar-refractivity contribution in [2.45, 2.75) is 58.8 Å². The predicted octanol–water partition coefficient (Wildman–Crippen LogP) is 3.80. The van der Waals surface area contributed by atoms with E-state index < -0.39 is 0 Å². The maximum absolute atomic E-state index is 11.6. The molecule has 0 amide bonds. The van der Waals surface area contributed by atoms with Crippen molar-refractivity contribution in [2.24, 2.45) is 17.3 Å². The molecule has 0 saturated heterocycles. The van der Waals surface area contributed by atoms with Crippen molar-refractivity contribution in [1.82, 2.24) is 0 Å². The Morgan fingerprint density at radius 1 is 1.30 bits per heavy atom. The summed E-state index contributed by atoms with van der Waals surface area (Å²) in [6.07, 6.45) is 9.17. The summed E-state index contributed by atoms with van der Waals surface area (Å²) in [6, 6.07) is 0. The SMILES string of the molecule is CC[C@H]1[C@@H]2CCC3=CC(=O)CCC3=C2CC[C@]1(C)CO. The topological polar surface area (TPSA) is 37.3 Å². The zero-order valence-electron chi connectivity index (χ0n) is 12.7. The summed E-state index contributed by atoms with van der Waals surface area (Å²) in [6.45, 7) is 4.84. The number of rotatable bonds is 2. The lowest BCUT2D eigenvalue weighted by atomic mass is 9.56. The van der Waals surface area contributed by atoms with Crippen LogP contribution in [0.15, 0.2) is 22.8 Å². The molecule has 0 unspecified atom stereocenters. The number of fused-ring (bicyclic) bond motifs is 2. The molecule has 1 saturated carbocycles. The first-order valence-corrected chi connectivity index (χ1v) is 8.15. The molecular weight excluding hydrogens is 248 g/mol. The van der Waals surface area contributed by atoms with Crippen LogP contribution in [-0.2, 0) is 4.79 Å². The van der Waals surface area contributed by atoms with Crippen LogP contribution in [0.4, 0.5) is 0 Å². The molecule has 0 spiro atoms. The maximum Gasteiger partial charge on any atom is 0.156 e. The van der Waals surface area contributed by atoms with E-state index in [1.807, 2.05) is 6.08 Å². The summed E-state index contributed by atoms with van der Waals surface area (Å²) in [5.74, 6) is 1.56. The van der Waals surface area contributed by atoms with E-state index in [0.29, 0.717) is 30.6 Å². The molecule has 3 aliphatic carbocycles. The van der Waals surface area contributed by atoms with Gasteiger partial charge in [-0.25, -0.2) is 0 Å². The van der Waals surface area contributed by atoms with Crippen LogP contribution in [-0.4, -0.2) is 17.5 Å². The minimum Gasteiger partial charge on any atom is -0.396 e. The van der Waals surface area contributed by atoms with Crippen LogP contribution in [0.2, 0.25) is 0 Å². The molecule has 3 atom stereocenters. The largest absolute Gasteiger partial charge is 0.396 e. The van der Waals surface area contributed by atoms with Crippen molar-refractivity contribution in [3.8, 4) is 0 Å². The van der Waals surface area contributed by atoms with Crippen LogP contribution in [0.25, 0.3) is 0 Å². The van der Waals surface area contributed by atoms with E-state index in [-0.39, 0.29) is 5.41 Å². The van der Waals surface area contributed by atoms with Crippen LogP contribution in [0.1, 0.15) is 58.8 Å². The molecule has 0 aromatic rings. The predicted molar refractivity (Wildman–Crippen MR) is 80.3 cm³/mol. The zero-order chi connectivity index (χ0) is 14.3. The molecule has 0 heterocycles. The van der Waals surface area contributed by atoms with Gasteiger partial charge in [0.2, 0.25) is 0 Å². The van der Waals surface area contributed by atoms with Gasteiger partial charge in [-0.2, -0.15) is 0 Å². The molecule has 1 fully saturated rings. The Kier molecular flexibility index (Phi) is 3.62. The van der Waals surface area contributed by atoms with Gasteiger partial charge in [0.15, 0.2) is 5.78 Å². The maximum atomic E-state index is 11.6. The van der Waals surface area contributed by atoms with Gasteiger partial charge in [0.05, 0.1) is 0 Å². The Bertz CT molecular complexity index is 486. The summed E-state index contributed by atoms with van der Waals surface area (Å²) in [5, 5.41) is 9.84. The average molecular weight is 274 g/mol. The Labute approximate surface area is 122 Å². The second-order valence-electron chi connectivity index (χ2n) is 7.11. The van der Waals surface area contributed by atoms with E-state index in [2.05, 4.69) is 13.8 Å². The highest BCUT2D eigenvalue weighted by molar-refractivity contribution is 5.93. The smallest absolute Gasteiger partial charge is 0.156 e. The summed E-state index contributed by atoms with van der Waals surface area (Å²) < 4.78 is 0. The van der Waals surface area contributed by atoms with Gasteiger partial charge in [-0.3, -0.25) is 4.79 Å². The average Bonchev–Trinajstić information content (AvgIpc) is 2.46. The van der Waals surface area contributed by atoms with E-state index in [1.54, 1.807) is 5.57 Å². The van der Waals surface area contributed by atoms with Gasteiger partial charge < -0.3 is 5.11 Å². The molecule has 3 aliphatic rings. The summed E-state index contributed by atoms with van der Waals surface area (Å²) in [4.78, 5) is 11.6. The second kappa shape index (κ2) is 5.14. The van der Waals surface area contributed by atoms with Crippen LogP contribution in [0.5, 0.6) is 0 Å². The van der Waals surface area contributed by atoms with Gasteiger partial charge in [-0.15, -0.1) is 0 Å². The number of carbonyl (C=O) groups excluding carboxylic acids is 1. The summed E-state index contributed by atoms with van der Waals surface area (Å²) in [7, 11) is 0. The molecule has 110 valence electrons.